The van der Waals surface area contributed by atoms with Crippen LogP contribution >= 0.6 is 0 Å². The zero-order chi connectivity index (χ0) is 21.4. The molecular formula is C28H32NO+. The fourth-order valence-electron chi connectivity index (χ4n) is 5.64. The molecule has 154 valence electrons. The van der Waals surface area contributed by atoms with Crippen LogP contribution in [0.2, 0.25) is 0 Å². The van der Waals surface area contributed by atoms with Crippen molar-refractivity contribution in [3.05, 3.63) is 64.8 Å². The van der Waals surface area contributed by atoms with Crippen LogP contribution in [-0.2, 0) is 17.9 Å². The van der Waals surface area contributed by atoms with Crippen LogP contribution in [-0.4, -0.2) is 0 Å². The van der Waals surface area contributed by atoms with E-state index in [1.807, 2.05) is 0 Å². The van der Waals surface area contributed by atoms with E-state index in [9.17, 15) is 0 Å². The van der Waals surface area contributed by atoms with Crippen LogP contribution in [0.4, 0.5) is 0 Å². The summed E-state index contributed by atoms with van der Waals surface area (Å²) >= 11 is 0. The molecule has 0 saturated heterocycles. The monoisotopic (exact) mass is 398 g/mol. The van der Waals surface area contributed by atoms with Crippen LogP contribution in [0.25, 0.3) is 33.2 Å². The van der Waals surface area contributed by atoms with Gasteiger partial charge in [0.05, 0.1) is 5.56 Å². The van der Waals surface area contributed by atoms with Crippen LogP contribution in [0.5, 0.6) is 0 Å². The van der Waals surface area contributed by atoms with E-state index in [1.165, 1.54) is 57.1 Å². The van der Waals surface area contributed by atoms with Crippen molar-refractivity contribution in [1.82, 2.24) is 0 Å². The van der Waals surface area contributed by atoms with Crippen molar-refractivity contribution < 1.29 is 8.98 Å². The normalized spacial score (nSPS) is 17.4. The lowest BCUT2D eigenvalue weighted by molar-refractivity contribution is -0.660. The smallest absolute Gasteiger partial charge is 0.216 e. The molecule has 0 atom stereocenters. The van der Waals surface area contributed by atoms with Crippen LogP contribution < -0.4 is 4.57 Å². The lowest BCUT2D eigenvalue weighted by Crippen LogP contribution is -2.33. The van der Waals surface area contributed by atoms with Crippen LogP contribution in [0.3, 0.4) is 0 Å². The summed E-state index contributed by atoms with van der Waals surface area (Å²) in [5, 5.41) is 2.62. The van der Waals surface area contributed by atoms with E-state index in [2.05, 4.69) is 95.8 Å². The van der Waals surface area contributed by atoms with Gasteiger partial charge in [-0.25, -0.2) is 4.57 Å². The molecule has 0 bridgehead atoms. The fourth-order valence-corrected chi connectivity index (χ4v) is 5.64. The van der Waals surface area contributed by atoms with Gasteiger partial charge in [0.2, 0.25) is 5.69 Å². The van der Waals surface area contributed by atoms with Gasteiger partial charge in [0.1, 0.15) is 18.2 Å². The lowest BCUT2D eigenvalue weighted by atomic mass is 9.62. The van der Waals surface area contributed by atoms with Gasteiger partial charge in [-0.05, 0) is 71.9 Å². The molecule has 2 heteroatoms. The minimum atomic E-state index is 0.135. The molecule has 0 aliphatic heterocycles. The quantitative estimate of drug-likeness (QED) is 0.314. The fraction of sp³-hybridized carbons (Fsp3) is 0.393. The number of pyridine rings is 1. The third-order valence-corrected chi connectivity index (χ3v) is 7.40. The Hall–Kier alpha value is -2.61. The van der Waals surface area contributed by atoms with E-state index in [4.69, 9.17) is 4.42 Å². The summed E-state index contributed by atoms with van der Waals surface area (Å²) < 4.78 is 8.86. The second-order valence-electron chi connectivity index (χ2n) is 10.5. The standard InChI is InChI=1S/C28H32NO/c1-17-16-18(2)23-24-21(30-26(23)22(17)20-10-8-9-15-29(20)7)12-11-19-25(24)28(5,6)14-13-27(19,3)4/h8-12,15-16H,13-14H2,1-7H3/q+1. The van der Waals surface area contributed by atoms with Gasteiger partial charge in [-0.2, -0.15) is 0 Å². The summed E-state index contributed by atoms with van der Waals surface area (Å²) in [5.41, 5.74) is 10.3. The highest BCUT2D eigenvalue weighted by Gasteiger charge is 2.39. The molecule has 4 aromatic rings. The predicted molar refractivity (Wildman–Crippen MR) is 125 cm³/mol. The molecule has 2 aromatic heterocycles. The van der Waals surface area contributed by atoms with Crippen LogP contribution in [0.15, 0.2) is 47.0 Å². The molecule has 0 spiro atoms. The van der Waals surface area contributed by atoms with Gasteiger partial charge in [0.15, 0.2) is 6.20 Å². The molecule has 2 nitrogen and oxygen atoms in total. The molecule has 0 amide bonds. The molecule has 1 aliphatic carbocycles. The van der Waals surface area contributed by atoms with E-state index < -0.39 is 0 Å². The van der Waals surface area contributed by atoms with Gasteiger partial charge in [0.25, 0.3) is 0 Å². The van der Waals surface area contributed by atoms with E-state index >= 15 is 0 Å². The minimum Gasteiger partial charge on any atom is -0.455 e. The largest absolute Gasteiger partial charge is 0.455 e. The van der Waals surface area contributed by atoms with Gasteiger partial charge < -0.3 is 4.42 Å². The molecule has 0 N–H and O–H groups in total. The second-order valence-corrected chi connectivity index (χ2v) is 10.5. The Morgan fingerprint density at radius 1 is 0.867 bits per heavy atom. The Balaban J connectivity index is 1.99. The van der Waals surface area contributed by atoms with Gasteiger partial charge in [-0.15, -0.1) is 0 Å². The van der Waals surface area contributed by atoms with E-state index in [-0.39, 0.29) is 10.8 Å². The lowest BCUT2D eigenvalue weighted by Gasteiger charge is -2.42. The summed E-state index contributed by atoms with van der Waals surface area (Å²) in [5.74, 6) is 0. The Bertz CT molecular complexity index is 1320. The first kappa shape index (κ1) is 19.4. The van der Waals surface area contributed by atoms with Crippen molar-refractivity contribution in [2.24, 2.45) is 7.05 Å². The molecule has 0 radical (unpaired) electrons. The van der Waals surface area contributed by atoms with Gasteiger partial charge in [0, 0.05) is 22.9 Å². The first-order valence-corrected chi connectivity index (χ1v) is 11.1. The molecule has 5 rings (SSSR count). The van der Waals surface area contributed by atoms with Crippen molar-refractivity contribution in [2.75, 3.05) is 0 Å². The number of rotatable bonds is 1. The number of fused-ring (bicyclic) bond motifs is 5. The summed E-state index contributed by atoms with van der Waals surface area (Å²) in [6, 6.07) is 13.2. The first-order valence-electron chi connectivity index (χ1n) is 11.1. The zero-order valence-corrected chi connectivity index (χ0v) is 19.3. The van der Waals surface area contributed by atoms with Crippen molar-refractivity contribution in [1.29, 1.82) is 0 Å². The topological polar surface area (TPSA) is 17.0 Å². The number of benzene rings is 2. The highest BCUT2D eigenvalue weighted by atomic mass is 16.3. The Kier molecular flexibility index (Phi) is 4.00. The maximum absolute atomic E-state index is 6.67. The number of nitrogens with zero attached hydrogens (tertiary/aromatic N) is 1. The average Bonchev–Trinajstić information content (AvgIpc) is 3.06. The third kappa shape index (κ3) is 2.59. The van der Waals surface area contributed by atoms with Gasteiger partial charge >= 0.3 is 0 Å². The van der Waals surface area contributed by atoms with Crippen LogP contribution in [0, 0.1) is 13.8 Å². The number of furan rings is 1. The molecule has 0 fully saturated rings. The van der Waals surface area contributed by atoms with Crippen LogP contribution in [0.1, 0.15) is 62.8 Å². The summed E-state index contributed by atoms with van der Waals surface area (Å²) in [4.78, 5) is 0. The SMILES string of the molecule is Cc1cc(C)c2c(oc3ccc4c(c32)C(C)(C)CCC4(C)C)c1-c1cccc[n+]1C. The highest BCUT2D eigenvalue weighted by Crippen LogP contribution is 2.51. The number of hydrogen-bond donors (Lipinski definition) is 0. The molecule has 2 heterocycles. The Morgan fingerprint density at radius 3 is 2.33 bits per heavy atom. The van der Waals surface area contributed by atoms with Gasteiger partial charge in [-0.3, -0.25) is 0 Å². The number of aromatic nitrogens is 1. The maximum atomic E-state index is 6.67. The summed E-state index contributed by atoms with van der Waals surface area (Å²) in [7, 11) is 2.11. The first-order chi connectivity index (χ1) is 14.1. The van der Waals surface area contributed by atoms with Crippen molar-refractivity contribution >= 4 is 21.9 Å². The third-order valence-electron chi connectivity index (χ3n) is 7.40. The Labute approximate surface area is 179 Å². The van der Waals surface area contributed by atoms with E-state index in [0.717, 1.165) is 11.2 Å². The predicted octanol–water partition coefficient (Wildman–Crippen LogP) is 7.04. The summed E-state index contributed by atoms with van der Waals surface area (Å²) in [6.45, 7) is 14.0. The minimum absolute atomic E-state index is 0.135. The molecule has 0 saturated carbocycles. The molecule has 1 aliphatic rings. The zero-order valence-electron chi connectivity index (χ0n) is 19.3. The summed E-state index contributed by atoms with van der Waals surface area (Å²) in [6.07, 6.45) is 4.53. The number of aryl methyl sites for hydroxylation is 3. The maximum Gasteiger partial charge on any atom is 0.216 e. The molecule has 0 unspecified atom stereocenters. The second kappa shape index (κ2) is 6.20. The van der Waals surface area contributed by atoms with Crippen molar-refractivity contribution in [3.63, 3.8) is 0 Å². The van der Waals surface area contributed by atoms with E-state index in [0.29, 0.717) is 0 Å². The van der Waals surface area contributed by atoms with E-state index in [1.54, 1.807) is 0 Å². The van der Waals surface area contributed by atoms with Gasteiger partial charge in [-0.1, -0.05) is 39.8 Å². The Morgan fingerprint density at radius 2 is 1.60 bits per heavy atom. The molecular weight excluding hydrogens is 366 g/mol. The molecule has 30 heavy (non-hydrogen) atoms. The highest BCUT2D eigenvalue weighted by molar-refractivity contribution is 6.13. The van der Waals surface area contributed by atoms with Crippen molar-refractivity contribution in [2.45, 2.75) is 65.2 Å². The molecule has 2 aromatic carbocycles. The number of hydrogen-bond acceptors (Lipinski definition) is 1. The average molecular weight is 399 g/mol. The van der Waals surface area contributed by atoms with Crippen molar-refractivity contribution in [3.8, 4) is 11.3 Å².